The van der Waals surface area contributed by atoms with Crippen LogP contribution in [0, 0.1) is 5.82 Å². The summed E-state index contributed by atoms with van der Waals surface area (Å²) in [4.78, 5) is 23.7. The molecule has 3 N–H and O–H groups in total. The van der Waals surface area contributed by atoms with Crippen molar-refractivity contribution in [2.75, 3.05) is 6.54 Å². The molecule has 9 heteroatoms. The Morgan fingerprint density at radius 2 is 1.55 bits per heavy atom. The van der Waals surface area contributed by atoms with E-state index < -0.39 is 27.7 Å². The van der Waals surface area contributed by atoms with Crippen molar-refractivity contribution in [1.82, 2.24) is 15.6 Å². The van der Waals surface area contributed by atoms with Gasteiger partial charge in [-0.1, -0.05) is 30.3 Å². The molecule has 0 radical (unpaired) electrons. The molecule has 0 saturated heterocycles. The SMILES string of the molecule is O=C(CCNS(=O)(=O)c1ccc2ccccc2c1)NNC(=O)c1ccc(F)cc1. The van der Waals surface area contributed by atoms with Gasteiger partial charge in [0.2, 0.25) is 15.9 Å². The van der Waals surface area contributed by atoms with Crippen molar-refractivity contribution in [2.45, 2.75) is 11.3 Å². The molecule has 3 rings (SSSR count). The van der Waals surface area contributed by atoms with Crippen LogP contribution in [0.4, 0.5) is 4.39 Å². The first-order chi connectivity index (χ1) is 13.8. The Labute approximate surface area is 166 Å². The minimum Gasteiger partial charge on any atom is -0.273 e. The second-order valence-electron chi connectivity index (χ2n) is 6.17. The van der Waals surface area contributed by atoms with Gasteiger partial charge in [0.1, 0.15) is 5.82 Å². The summed E-state index contributed by atoms with van der Waals surface area (Å²) in [7, 11) is -3.78. The maximum atomic E-state index is 12.8. The average molecular weight is 415 g/mol. The van der Waals surface area contributed by atoms with Crippen LogP contribution in [0.15, 0.2) is 71.6 Å². The van der Waals surface area contributed by atoms with Crippen LogP contribution in [0.25, 0.3) is 10.8 Å². The molecule has 0 bridgehead atoms. The fourth-order valence-electron chi connectivity index (χ4n) is 2.58. The third kappa shape index (κ3) is 5.37. The number of hydrazine groups is 1. The molecular weight excluding hydrogens is 397 g/mol. The lowest BCUT2D eigenvalue weighted by atomic mass is 10.1. The Morgan fingerprint density at radius 1 is 0.862 bits per heavy atom. The fourth-order valence-corrected chi connectivity index (χ4v) is 3.65. The Bertz CT molecular complexity index is 1150. The zero-order valence-electron chi connectivity index (χ0n) is 15.2. The van der Waals surface area contributed by atoms with E-state index in [4.69, 9.17) is 0 Å². The van der Waals surface area contributed by atoms with Crippen LogP contribution >= 0.6 is 0 Å². The van der Waals surface area contributed by atoms with Gasteiger partial charge in [-0.25, -0.2) is 17.5 Å². The lowest BCUT2D eigenvalue weighted by Gasteiger charge is -2.09. The highest BCUT2D eigenvalue weighted by atomic mass is 32.2. The summed E-state index contributed by atoms with van der Waals surface area (Å²) in [5.41, 5.74) is 4.53. The molecule has 0 heterocycles. The highest BCUT2D eigenvalue weighted by Gasteiger charge is 2.15. The first-order valence-corrected chi connectivity index (χ1v) is 10.2. The van der Waals surface area contributed by atoms with Gasteiger partial charge in [-0.3, -0.25) is 20.4 Å². The number of fused-ring (bicyclic) bond motifs is 1. The van der Waals surface area contributed by atoms with E-state index in [-0.39, 0.29) is 23.4 Å². The Hall–Kier alpha value is -3.30. The molecule has 0 spiro atoms. The number of sulfonamides is 1. The van der Waals surface area contributed by atoms with E-state index in [0.29, 0.717) is 0 Å². The van der Waals surface area contributed by atoms with Crippen LogP contribution in [0.1, 0.15) is 16.8 Å². The number of rotatable bonds is 6. The highest BCUT2D eigenvalue weighted by Crippen LogP contribution is 2.18. The predicted octanol–water partition coefficient (Wildman–Crippen LogP) is 2.11. The maximum absolute atomic E-state index is 12.8. The van der Waals surface area contributed by atoms with Gasteiger partial charge in [-0.15, -0.1) is 0 Å². The average Bonchev–Trinajstić information content (AvgIpc) is 2.72. The molecule has 0 saturated carbocycles. The minimum atomic E-state index is -3.78. The fraction of sp³-hybridized carbons (Fsp3) is 0.100. The largest absolute Gasteiger partial charge is 0.273 e. The summed E-state index contributed by atoms with van der Waals surface area (Å²) in [6.45, 7) is -0.145. The van der Waals surface area contributed by atoms with Crippen molar-refractivity contribution < 1.29 is 22.4 Å². The normalized spacial score (nSPS) is 11.2. The number of carbonyl (C=O) groups excluding carboxylic acids is 2. The van der Waals surface area contributed by atoms with E-state index >= 15 is 0 Å². The van der Waals surface area contributed by atoms with Gasteiger partial charge in [0.15, 0.2) is 0 Å². The molecule has 2 amide bonds. The third-order valence-corrected chi connectivity index (χ3v) is 5.56. The molecule has 29 heavy (non-hydrogen) atoms. The van der Waals surface area contributed by atoms with Gasteiger partial charge in [0.05, 0.1) is 4.90 Å². The van der Waals surface area contributed by atoms with Gasteiger partial charge in [0.25, 0.3) is 5.91 Å². The van der Waals surface area contributed by atoms with Gasteiger partial charge in [-0.2, -0.15) is 0 Å². The van der Waals surface area contributed by atoms with Crippen LogP contribution < -0.4 is 15.6 Å². The van der Waals surface area contributed by atoms with E-state index in [9.17, 15) is 22.4 Å². The summed E-state index contributed by atoms with van der Waals surface area (Å²) in [5, 5.41) is 1.71. The molecule has 7 nitrogen and oxygen atoms in total. The van der Waals surface area contributed by atoms with Crippen LogP contribution in [-0.2, 0) is 14.8 Å². The Morgan fingerprint density at radius 3 is 2.28 bits per heavy atom. The molecule has 3 aromatic carbocycles. The molecule has 0 fully saturated rings. The monoisotopic (exact) mass is 415 g/mol. The van der Waals surface area contributed by atoms with Crippen molar-refractivity contribution >= 4 is 32.6 Å². The first-order valence-electron chi connectivity index (χ1n) is 8.68. The molecular formula is C20H18FN3O4S. The van der Waals surface area contributed by atoms with Crippen molar-refractivity contribution in [3.63, 3.8) is 0 Å². The van der Waals surface area contributed by atoms with E-state index in [1.807, 2.05) is 24.3 Å². The topological polar surface area (TPSA) is 104 Å². The molecule has 150 valence electrons. The second kappa shape index (κ2) is 8.80. The van der Waals surface area contributed by atoms with E-state index in [1.54, 1.807) is 12.1 Å². The van der Waals surface area contributed by atoms with Gasteiger partial charge < -0.3 is 0 Å². The van der Waals surface area contributed by atoms with Crippen molar-refractivity contribution in [2.24, 2.45) is 0 Å². The zero-order chi connectivity index (χ0) is 20.9. The zero-order valence-corrected chi connectivity index (χ0v) is 16.0. The number of amides is 2. The van der Waals surface area contributed by atoms with Crippen LogP contribution in [0.2, 0.25) is 0 Å². The van der Waals surface area contributed by atoms with Gasteiger partial charge >= 0.3 is 0 Å². The van der Waals surface area contributed by atoms with E-state index in [2.05, 4.69) is 15.6 Å². The highest BCUT2D eigenvalue weighted by molar-refractivity contribution is 7.89. The number of hydrogen-bond donors (Lipinski definition) is 3. The van der Waals surface area contributed by atoms with E-state index in [1.165, 1.54) is 18.2 Å². The quantitative estimate of drug-likeness (QED) is 0.537. The lowest BCUT2D eigenvalue weighted by Crippen LogP contribution is -2.42. The Kier molecular flexibility index (Phi) is 6.20. The third-order valence-electron chi connectivity index (χ3n) is 4.10. The standard InChI is InChI=1S/C20H18FN3O4S/c21-17-8-5-15(6-9-17)20(26)24-23-19(25)11-12-22-29(27,28)18-10-7-14-3-1-2-4-16(14)13-18/h1-10,13,22H,11-12H2,(H,23,25)(H,24,26). The summed E-state index contributed by atoms with van der Waals surface area (Å²) in [6.07, 6.45) is -0.184. The number of benzene rings is 3. The second-order valence-corrected chi connectivity index (χ2v) is 7.93. The minimum absolute atomic E-state index is 0.0984. The molecule has 0 unspecified atom stereocenters. The summed E-state index contributed by atoms with van der Waals surface area (Å²) >= 11 is 0. The predicted molar refractivity (Wildman–Crippen MR) is 106 cm³/mol. The van der Waals surface area contributed by atoms with Crippen LogP contribution in [0.5, 0.6) is 0 Å². The first kappa shape index (κ1) is 20.4. The Balaban J connectivity index is 1.49. The van der Waals surface area contributed by atoms with Crippen molar-refractivity contribution in [3.05, 3.63) is 78.1 Å². The van der Waals surface area contributed by atoms with Gasteiger partial charge in [-0.05, 0) is 47.2 Å². The summed E-state index contributed by atoms with van der Waals surface area (Å²) < 4.78 is 40.0. The lowest BCUT2D eigenvalue weighted by molar-refractivity contribution is -0.121. The molecule has 0 aliphatic rings. The number of carbonyl (C=O) groups is 2. The molecule has 0 aliphatic heterocycles. The van der Waals surface area contributed by atoms with Crippen LogP contribution in [-0.4, -0.2) is 26.8 Å². The molecule has 3 aromatic rings. The molecule has 0 atom stereocenters. The maximum Gasteiger partial charge on any atom is 0.269 e. The van der Waals surface area contributed by atoms with Crippen molar-refractivity contribution in [1.29, 1.82) is 0 Å². The number of hydrogen-bond acceptors (Lipinski definition) is 4. The van der Waals surface area contributed by atoms with Crippen molar-refractivity contribution in [3.8, 4) is 0 Å². The number of nitrogens with one attached hydrogen (secondary N) is 3. The summed E-state index contributed by atoms with van der Waals surface area (Å²) in [6, 6.07) is 16.9. The smallest absolute Gasteiger partial charge is 0.269 e. The van der Waals surface area contributed by atoms with Crippen LogP contribution in [0.3, 0.4) is 0 Å². The molecule has 0 aliphatic carbocycles. The van der Waals surface area contributed by atoms with Gasteiger partial charge in [0, 0.05) is 18.5 Å². The van der Waals surface area contributed by atoms with E-state index in [0.717, 1.165) is 22.9 Å². The summed E-state index contributed by atoms with van der Waals surface area (Å²) in [5.74, 6) is -1.68. The number of halogens is 1. The molecule has 0 aromatic heterocycles.